The Morgan fingerprint density at radius 3 is 2.19 bits per heavy atom. The quantitative estimate of drug-likeness (QED) is 0.727. The van der Waals surface area contributed by atoms with E-state index in [1.807, 2.05) is 0 Å². The number of nitrogens with zero attached hydrogens (tertiary/aromatic N) is 2. The van der Waals surface area contributed by atoms with Crippen LogP contribution in [0.2, 0.25) is 0 Å². The molecule has 0 aromatic carbocycles. The average Bonchev–Trinajstić information content (AvgIpc) is 3.34. The van der Waals surface area contributed by atoms with Crippen LogP contribution in [0.4, 0.5) is 11.6 Å². The number of aromatic nitrogens is 2. The van der Waals surface area contributed by atoms with Crippen LogP contribution >= 0.6 is 0 Å². The maximum atomic E-state index is 4.67. The third-order valence-corrected chi connectivity index (χ3v) is 4.58. The SMILES string of the molecule is CCCc1nc(NCC)cc(NCC(C2CC2)C2CC2)n1. The molecule has 2 saturated carbocycles. The number of rotatable bonds is 9. The summed E-state index contributed by atoms with van der Waals surface area (Å²) in [6.07, 6.45) is 7.80. The van der Waals surface area contributed by atoms with Crippen molar-refractivity contribution in [2.24, 2.45) is 17.8 Å². The molecule has 0 spiro atoms. The molecule has 0 bridgehead atoms. The monoisotopic (exact) mass is 288 g/mol. The summed E-state index contributed by atoms with van der Waals surface area (Å²) < 4.78 is 0. The topological polar surface area (TPSA) is 49.8 Å². The van der Waals surface area contributed by atoms with Crippen molar-refractivity contribution in [3.05, 3.63) is 11.9 Å². The van der Waals surface area contributed by atoms with Gasteiger partial charge in [-0.1, -0.05) is 6.92 Å². The zero-order valence-electron chi connectivity index (χ0n) is 13.4. The number of aryl methyl sites for hydroxylation is 1. The van der Waals surface area contributed by atoms with Gasteiger partial charge in [-0.05, 0) is 56.8 Å². The summed E-state index contributed by atoms with van der Waals surface area (Å²) in [5, 5.41) is 6.91. The molecule has 0 amide bonds. The maximum Gasteiger partial charge on any atom is 0.133 e. The molecule has 0 unspecified atom stereocenters. The van der Waals surface area contributed by atoms with Crippen LogP contribution in [0.3, 0.4) is 0 Å². The van der Waals surface area contributed by atoms with Crippen molar-refractivity contribution in [1.29, 1.82) is 0 Å². The summed E-state index contributed by atoms with van der Waals surface area (Å²) in [4.78, 5) is 9.25. The van der Waals surface area contributed by atoms with Gasteiger partial charge in [0, 0.05) is 25.6 Å². The third-order valence-electron chi connectivity index (χ3n) is 4.58. The zero-order valence-corrected chi connectivity index (χ0v) is 13.4. The predicted molar refractivity (Wildman–Crippen MR) is 87.6 cm³/mol. The molecule has 2 N–H and O–H groups in total. The molecular weight excluding hydrogens is 260 g/mol. The first-order valence-corrected chi connectivity index (χ1v) is 8.65. The van der Waals surface area contributed by atoms with Crippen molar-refractivity contribution in [3.63, 3.8) is 0 Å². The Hall–Kier alpha value is -1.32. The van der Waals surface area contributed by atoms with E-state index in [1.54, 1.807) is 0 Å². The minimum Gasteiger partial charge on any atom is -0.370 e. The lowest BCUT2D eigenvalue weighted by Gasteiger charge is -2.17. The van der Waals surface area contributed by atoms with Gasteiger partial charge in [-0.3, -0.25) is 0 Å². The lowest BCUT2D eigenvalue weighted by molar-refractivity contribution is 0.427. The second kappa shape index (κ2) is 6.63. The first-order valence-electron chi connectivity index (χ1n) is 8.65. The summed E-state index contributed by atoms with van der Waals surface area (Å²) >= 11 is 0. The van der Waals surface area contributed by atoms with E-state index >= 15 is 0 Å². The van der Waals surface area contributed by atoms with Crippen molar-refractivity contribution in [2.45, 2.75) is 52.4 Å². The van der Waals surface area contributed by atoms with Crippen LogP contribution in [0.25, 0.3) is 0 Å². The second-order valence-corrected chi connectivity index (χ2v) is 6.55. The normalized spacial score (nSPS) is 18.0. The lowest BCUT2D eigenvalue weighted by Crippen LogP contribution is -2.19. The molecule has 0 radical (unpaired) electrons. The van der Waals surface area contributed by atoms with Gasteiger partial charge in [0.1, 0.15) is 17.5 Å². The Morgan fingerprint density at radius 2 is 1.67 bits per heavy atom. The van der Waals surface area contributed by atoms with Crippen molar-refractivity contribution < 1.29 is 0 Å². The smallest absolute Gasteiger partial charge is 0.133 e. The van der Waals surface area contributed by atoms with Crippen LogP contribution in [0.1, 0.15) is 51.8 Å². The van der Waals surface area contributed by atoms with Crippen LogP contribution < -0.4 is 10.6 Å². The molecule has 1 heterocycles. The van der Waals surface area contributed by atoms with Crippen LogP contribution in [-0.4, -0.2) is 23.1 Å². The highest BCUT2D eigenvalue weighted by molar-refractivity contribution is 5.47. The number of nitrogens with one attached hydrogen (secondary N) is 2. The largest absolute Gasteiger partial charge is 0.370 e. The number of anilines is 2. The Labute approximate surface area is 128 Å². The molecule has 0 aliphatic heterocycles. The van der Waals surface area contributed by atoms with Gasteiger partial charge in [0.15, 0.2) is 0 Å². The van der Waals surface area contributed by atoms with Crippen LogP contribution in [0.5, 0.6) is 0 Å². The Kier molecular flexibility index (Phi) is 4.61. The summed E-state index contributed by atoms with van der Waals surface area (Å²) in [7, 11) is 0. The summed E-state index contributed by atoms with van der Waals surface area (Å²) in [6, 6.07) is 2.06. The lowest BCUT2D eigenvalue weighted by atomic mass is 9.98. The standard InChI is InChI=1S/C17H28N4/c1-3-5-15-20-16(18-4-2)10-17(21-15)19-11-14(12-6-7-12)13-8-9-13/h10,12-14H,3-9,11H2,1-2H3,(H2,18,19,20,21). The second-order valence-electron chi connectivity index (χ2n) is 6.55. The minimum absolute atomic E-state index is 0.872. The molecule has 2 aliphatic carbocycles. The Morgan fingerprint density at radius 1 is 1.05 bits per heavy atom. The van der Waals surface area contributed by atoms with E-state index < -0.39 is 0 Å². The van der Waals surface area contributed by atoms with Crippen LogP contribution in [0, 0.1) is 17.8 Å². The summed E-state index contributed by atoms with van der Waals surface area (Å²) in [5.74, 6) is 5.74. The fourth-order valence-corrected chi connectivity index (χ4v) is 3.18. The number of hydrogen-bond acceptors (Lipinski definition) is 4. The fourth-order valence-electron chi connectivity index (χ4n) is 3.18. The van der Waals surface area contributed by atoms with Gasteiger partial charge in [0.25, 0.3) is 0 Å². The highest BCUT2D eigenvalue weighted by Gasteiger charge is 2.41. The van der Waals surface area contributed by atoms with E-state index in [-0.39, 0.29) is 0 Å². The van der Waals surface area contributed by atoms with Crippen molar-refractivity contribution in [3.8, 4) is 0 Å². The van der Waals surface area contributed by atoms with Crippen LogP contribution in [-0.2, 0) is 6.42 Å². The Bertz CT molecular complexity index is 430. The van der Waals surface area contributed by atoms with Gasteiger partial charge in [-0.2, -0.15) is 0 Å². The molecule has 0 atom stereocenters. The van der Waals surface area contributed by atoms with E-state index in [0.29, 0.717) is 0 Å². The van der Waals surface area contributed by atoms with Crippen molar-refractivity contribution in [2.75, 3.05) is 23.7 Å². The maximum absolute atomic E-state index is 4.67. The van der Waals surface area contributed by atoms with E-state index in [9.17, 15) is 0 Å². The van der Waals surface area contributed by atoms with Crippen molar-refractivity contribution >= 4 is 11.6 Å². The molecule has 21 heavy (non-hydrogen) atoms. The number of hydrogen-bond donors (Lipinski definition) is 2. The molecule has 1 aromatic rings. The molecule has 4 nitrogen and oxygen atoms in total. The van der Waals surface area contributed by atoms with Gasteiger partial charge in [0.05, 0.1) is 0 Å². The molecule has 116 valence electrons. The molecular formula is C17H28N4. The predicted octanol–water partition coefficient (Wildman–Crippen LogP) is 3.71. The summed E-state index contributed by atoms with van der Waals surface area (Å²) in [6.45, 7) is 6.26. The van der Waals surface area contributed by atoms with Gasteiger partial charge >= 0.3 is 0 Å². The zero-order chi connectivity index (χ0) is 14.7. The molecule has 0 saturated heterocycles. The van der Waals surface area contributed by atoms with E-state index in [1.165, 1.54) is 25.7 Å². The van der Waals surface area contributed by atoms with Crippen LogP contribution in [0.15, 0.2) is 6.07 Å². The highest BCUT2D eigenvalue weighted by Crippen LogP contribution is 2.49. The summed E-state index contributed by atoms with van der Waals surface area (Å²) in [5.41, 5.74) is 0. The highest BCUT2D eigenvalue weighted by atomic mass is 15.1. The molecule has 3 rings (SSSR count). The molecule has 1 aromatic heterocycles. The van der Waals surface area contributed by atoms with Crippen molar-refractivity contribution in [1.82, 2.24) is 9.97 Å². The first kappa shape index (κ1) is 14.6. The fraction of sp³-hybridized carbons (Fsp3) is 0.765. The Balaban J connectivity index is 1.64. The van der Waals surface area contributed by atoms with E-state index in [4.69, 9.17) is 0 Å². The minimum atomic E-state index is 0.872. The first-order chi connectivity index (χ1) is 10.3. The van der Waals surface area contributed by atoms with E-state index in [2.05, 4.69) is 40.5 Å². The molecule has 4 heteroatoms. The van der Waals surface area contributed by atoms with Gasteiger partial charge in [-0.15, -0.1) is 0 Å². The van der Waals surface area contributed by atoms with Gasteiger partial charge in [-0.25, -0.2) is 9.97 Å². The average molecular weight is 288 g/mol. The van der Waals surface area contributed by atoms with Gasteiger partial charge < -0.3 is 10.6 Å². The van der Waals surface area contributed by atoms with Gasteiger partial charge in [0.2, 0.25) is 0 Å². The molecule has 2 aliphatic rings. The van der Waals surface area contributed by atoms with E-state index in [0.717, 1.165) is 61.1 Å². The molecule has 2 fully saturated rings. The third kappa shape index (κ3) is 4.08.